The summed E-state index contributed by atoms with van der Waals surface area (Å²) in [6.07, 6.45) is 59.4. The van der Waals surface area contributed by atoms with Gasteiger partial charge in [-0.2, -0.15) is 0 Å². The van der Waals surface area contributed by atoms with Crippen LogP contribution in [-0.4, -0.2) is 32.3 Å². The molecule has 147 heavy (non-hydrogen) atoms. The van der Waals surface area contributed by atoms with Crippen LogP contribution < -0.4 is 0 Å². The first-order valence-corrected chi connectivity index (χ1v) is 71.3. The van der Waals surface area contributed by atoms with Gasteiger partial charge in [0.1, 0.15) is 0 Å². The van der Waals surface area contributed by atoms with E-state index < -0.39 is 32.3 Å². The molecule has 0 amide bonds. The molecule has 8 fully saturated rings. The van der Waals surface area contributed by atoms with Crippen molar-refractivity contribution in [3.63, 3.8) is 0 Å². The molecule has 0 N–H and O–H groups in total. The topological polar surface area (TPSA) is 0 Å². The lowest BCUT2D eigenvalue weighted by molar-refractivity contribution is 0.508. The molecular formula is C143H182Si4. The van der Waals surface area contributed by atoms with E-state index in [1.807, 2.05) is 0 Å². The average molecular weight is 2010 g/mol. The van der Waals surface area contributed by atoms with Crippen molar-refractivity contribution in [2.75, 3.05) is 0 Å². The van der Waals surface area contributed by atoms with Crippen LogP contribution in [0.2, 0.25) is 94.7 Å². The van der Waals surface area contributed by atoms with E-state index in [-0.39, 0.29) is 5.41 Å². The van der Waals surface area contributed by atoms with Crippen molar-refractivity contribution in [3.05, 3.63) is 312 Å². The van der Waals surface area contributed by atoms with E-state index in [2.05, 4.69) is 392 Å². The quantitative estimate of drug-likeness (QED) is 0.0527. The minimum absolute atomic E-state index is 0.0863. The summed E-state index contributed by atoms with van der Waals surface area (Å²) in [7, 11) is -5.35. The third-order valence-corrected chi connectivity index (χ3v) is 69.1. The number of fused-ring (bicyclic) bond motifs is 12. The Morgan fingerprint density at radius 3 is 0.769 bits per heavy atom. The highest BCUT2D eigenvalue weighted by molar-refractivity contribution is 6.83. The maximum Gasteiger partial charge on any atom is 0.0578 e. The molecule has 0 radical (unpaired) electrons. The van der Waals surface area contributed by atoms with Crippen LogP contribution in [0, 0.1) is 115 Å². The lowest BCUT2D eigenvalue weighted by atomic mass is 9.74. The minimum Gasteiger partial charge on any atom is -0.0808 e. The molecule has 4 saturated heterocycles. The number of benzene rings is 12. The zero-order valence-corrected chi connectivity index (χ0v) is 98.1. The molecule has 0 aromatic heterocycles. The Kier molecular flexibility index (Phi) is 31.2. The van der Waals surface area contributed by atoms with Gasteiger partial charge < -0.3 is 0 Å². The minimum atomic E-state index is -1.36. The molecule has 4 aliphatic heterocycles. The van der Waals surface area contributed by atoms with Gasteiger partial charge in [-0.1, -0.05) is 546 Å². The first-order chi connectivity index (χ1) is 71.3. The fourth-order valence-corrected chi connectivity index (χ4v) is 67.3. The van der Waals surface area contributed by atoms with Gasteiger partial charge in [0.15, 0.2) is 0 Å². The Balaban J connectivity index is 0.000000115. The Labute approximate surface area is 893 Å². The fraction of sp³-hybridized carbons (Fsp3) is 0.497. The highest BCUT2D eigenvalue weighted by atomic mass is 28.3. The molecular weight excluding hydrogens is 1830 g/mol. The van der Waals surface area contributed by atoms with Gasteiger partial charge in [-0.3, -0.25) is 0 Å². The molecule has 8 aliphatic carbocycles. The molecule has 12 aromatic carbocycles. The molecule has 0 spiro atoms. The van der Waals surface area contributed by atoms with Crippen molar-refractivity contribution in [1.29, 1.82) is 0 Å². The van der Waals surface area contributed by atoms with Gasteiger partial charge in [0.05, 0.1) is 32.3 Å². The van der Waals surface area contributed by atoms with E-state index in [0.29, 0.717) is 23.7 Å². The van der Waals surface area contributed by atoms with Gasteiger partial charge in [-0.05, 0) is 322 Å². The standard InChI is InChI=1S/C38H50Si.C36H46Si.C35H44Si.C34H42Si/c1-7-26(2)25-39(22-13-8-14-23-39)37-27(3)24-34-30(20-15-21-33(34)37)35-28-16-9-11-18-31(28)36(38(4,5)6)32-19-12-10-17-29(32)35;1-6-24(2)23-37(19-10-7-11-20-37)36-26(4)22-33-31(15-12-16-32(33)36)35-30-14-9-8-13-28(30)27(5)29-18-17-25(3)21-34(29)35;1-5-24(2)23-36(20-11-6-12-21-36)35-25(3)22-33-31(18-13-19-32(33)35)34-29-16-9-7-14-27(29)26(4)28-15-8-10-17-30(28)34;1-4-24(2)23-35(19-10-5-11-20-35)34-25(3)21-32-30(17-12-18-31(32)34)33-28-15-8-6-13-26(28)22-27-14-7-9-16-29(27)33/h9-12,15-21,26-27,33-34,37H,7-8,13-14,22-25H2,1-6H3;8-9,12-18,21,24,26,32-33,36H,6-7,10-11,19-20,22-23H2,1-5H3;7-10,13-19,24-25,32-33,35H,5-6,11-12,20-23H2,1-4H3;6-9,12-18,22,24-25,31-32,34H,4-5,10-11,19-21,23H2,1-3H3. The molecule has 4 heterocycles. The van der Waals surface area contributed by atoms with Crippen LogP contribution >= 0.6 is 0 Å². The zero-order chi connectivity index (χ0) is 102. The van der Waals surface area contributed by atoms with Crippen LogP contribution in [0.25, 0.3) is 108 Å². The van der Waals surface area contributed by atoms with E-state index >= 15 is 0 Å². The summed E-state index contributed by atoms with van der Waals surface area (Å²) in [4.78, 5) is 0. The Morgan fingerprint density at radius 1 is 0.265 bits per heavy atom. The smallest absolute Gasteiger partial charge is 0.0578 e. The van der Waals surface area contributed by atoms with E-state index in [1.165, 1.54) is 259 Å². The van der Waals surface area contributed by atoms with Crippen LogP contribution in [0.1, 0.15) is 277 Å². The normalized spacial score (nSPS) is 28.1. The molecule has 20 atom stereocenters. The summed E-state index contributed by atoms with van der Waals surface area (Å²) in [6, 6.07) is 93.0. The predicted octanol–water partition coefficient (Wildman–Crippen LogP) is 43.3. The van der Waals surface area contributed by atoms with E-state index in [0.717, 1.165) is 93.2 Å². The summed E-state index contributed by atoms with van der Waals surface area (Å²) < 4.78 is 0. The summed E-state index contributed by atoms with van der Waals surface area (Å²) >= 11 is 0. The van der Waals surface area contributed by atoms with Crippen molar-refractivity contribution in [1.82, 2.24) is 0 Å². The third kappa shape index (κ3) is 19.5. The Hall–Kier alpha value is -8.49. The second-order valence-corrected chi connectivity index (χ2v) is 71.9. The SMILES string of the molecule is CCC(C)C[Si]1(C2C(C)CC3C(c4c5ccccc5c(C(C)(C)C)c5ccccc45)=CC=CC32)CCCCC1.CCC(C)C[Si]1(C2C(C)CC3C(c4c5ccccc5c(C)c5ccc(C)cc45)=CC=CC32)CCCCC1.CCC(C)C[Si]1(C2C(C)CC3C(c4c5ccccc5c(C)c5ccccc45)=CC=CC32)CCCCC1.CCC(C)C[Si]1(C2C(C)CC3C(c4c5ccccc5cc5ccccc45)=CC=CC32)CCCCC1. The molecule has 4 saturated carbocycles. The highest BCUT2D eigenvalue weighted by Crippen LogP contribution is 2.68. The van der Waals surface area contributed by atoms with Crippen molar-refractivity contribution in [3.8, 4) is 0 Å². The van der Waals surface area contributed by atoms with E-state index in [9.17, 15) is 0 Å². The molecule has 4 heteroatoms. The second kappa shape index (κ2) is 43.9. The Morgan fingerprint density at radius 2 is 0.497 bits per heavy atom. The van der Waals surface area contributed by atoms with Crippen LogP contribution in [0.4, 0.5) is 0 Å². The largest absolute Gasteiger partial charge is 0.0808 e. The number of rotatable bonds is 20. The van der Waals surface area contributed by atoms with Crippen LogP contribution in [0.3, 0.4) is 0 Å². The maximum absolute atomic E-state index is 2.68. The monoisotopic (exact) mass is 2010 g/mol. The fourth-order valence-electron chi connectivity index (χ4n) is 36.6. The highest BCUT2D eigenvalue weighted by Gasteiger charge is 2.60. The molecule has 0 nitrogen and oxygen atoms in total. The van der Waals surface area contributed by atoms with Gasteiger partial charge in [-0.25, -0.2) is 0 Å². The summed E-state index contributed by atoms with van der Waals surface area (Å²) in [5.74, 6) is 12.6. The van der Waals surface area contributed by atoms with Gasteiger partial charge >= 0.3 is 0 Å². The van der Waals surface area contributed by atoms with Crippen LogP contribution in [-0.2, 0) is 5.41 Å². The third-order valence-electron chi connectivity index (χ3n) is 42.8. The molecule has 24 rings (SSSR count). The summed E-state index contributed by atoms with van der Waals surface area (Å²) in [5.41, 5.74) is 22.3. The lowest BCUT2D eigenvalue weighted by Gasteiger charge is -2.47. The molecule has 12 aliphatic rings. The second-order valence-electron chi connectivity index (χ2n) is 52.8. The predicted molar refractivity (Wildman–Crippen MR) is 659 cm³/mol. The van der Waals surface area contributed by atoms with Crippen molar-refractivity contribution in [2.24, 2.45) is 94.7 Å². The van der Waals surface area contributed by atoms with E-state index in [1.54, 1.807) is 94.8 Å². The average Bonchev–Trinajstić information content (AvgIpc) is 1.71. The van der Waals surface area contributed by atoms with Crippen molar-refractivity contribution in [2.45, 2.75) is 353 Å². The Bertz CT molecular complexity index is 6890. The lowest BCUT2D eigenvalue weighted by Crippen LogP contribution is -2.46. The number of hydrogen-bond acceptors (Lipinski definition) is 0. The molecule has 0 bridgehead atoms. The molecule has 20 unspecified atom stereocenters. The zero-order valence-electron chi connectivity index (χ0n) is 94.1. The van der Waals surface area contributed by atoms with Gasteiger partial charge in [-0.15, -0.1) is 0 Å². The van der Waals surface area contributed by atoms with E-state index in [4.69, 9.17) is 0 Å². The number of allylic oxidation sites excluding steroid dienone is 16. The first-order valence-electron chi connectivity index (χ1n) is 60.5. The summed E-state index contributed by atoms with van der Waals surface area (Å²) in [5, 5.41) is 23.0. The number of aryl methyl sites for hydroxylation is 3. The van der Waals surface area contributed by atoms with Crippen LogP contribution in [0.15, 0.2) is 267 Å². The number of hydrogen-bond donors (Lipinski definition) is 0. The van der Waals surface area contributed by atoms with Gasteiger partial charge in [0.25, 0.3) is 0 Å². The van der Waals surface area contributed by atoms with Crippen LogP contribution in [0.5, 0.6) is 0 Å². The maximum atomic E-state index is 2.68. The van der Waals surface area contributed by atoms with Gasteiger partial charge in [0, 0.05) is 0 Å². The molecule has 12 aromatic rings. The summed E-state index contributed by atoms with van der Waals surface area (Å²) in [6.45, 7) is 44.5. The van der Waals surface area contributed by atoms with Crippen molar-refractivity contribution >= 4 is 141 Å². The first kappa shape index (κ1) is 104. The van der Waals surface area contributed by atoms with Crippen molar-refractivity contribution < 1.29 is 0 Å². The molecule has 770 valence electrons. The van der Waals surface area contributed by atoms with Gasteiger partial charge in [0.2, 0.25) is 0 Å².